The minimum atomic E-state index is -0.151. The van der Waals surface area contributed by atoms with Crippen molar-refractivity contribution in [3.05, 3.63) is 28.3 Å². The van der Waals surface area contributed by atoms with Crippen molar-refractivity contribution >= 4 is 5.97 Å². The fourth-order valence-electron chi connectivity index (χ4n) is 3.44. The first-order chi connectivity index (χ1) is 8.50. The number of phenols is 1. The summed E-state index contributed by atoms with van der Waals surface area (Å²) in [7, 11) is 0. The number of rotatable bonds is 0. The van der Waals surface area contributed by atoms with Crippen LogP contribution in [0.15, 0.2) is 6.07 Å². The minimum absolute atomic E-state index is 0.0230. The van der Waals surface area contributed by atoms with Crippen LogP contribution in [0.4, 0.5) is 0 Å². The summed E-state index contributed by atoms with van der Waals surface area (Å²) < 4.78 is 5.54. The van der Waals surface area contributed by atoms with Crippen molar-refractivity contribution < 1.29 is 14.6 Å². The van der Waals surface area contributed by atoms with Crippen LogP contribution in [0.2, 0.25) is 0 Å². The molecule has 3 heteroatoms. The van der Waals surface area contributed by atoms with Gasteiger partial charge in [0, 0.05) is 11.5 Å². The number of esters is 1. The van der Waals surface area contributed by atoms with Gasteiger partial charge < -0.3 is 9.84 Å². The highest BCUT2D eigenvalue weighted by molar-refractivity contribution is 5.75. The van der Waals surface area contributed by atoms with Gasteiger partial charge in [0.25, 0.3) is 0 Å². The first kappa shape index (κ1) is 11.6. The Morgan fingerprint density at radius 2 is 2.11 bits per heavy atom. The maximum atomic E-state index is 11.7. The summed E-state index contributed by atoms with van der Waals surface area (Å²) in [5, 5.41) is 9.97. The third kappa shape index (κ3) is 1.39. The molecule has 1 aliphatic heterocycles. The highest BCUT2D eigenvalue weighted by Gasteiger charge is 2.46. The van der Waals surface area contributed by atoms with Crippen LogP contribution in [-0.2, 0) is 16.0 Å². The Balaban J connectivity index is 2.18. The van der Waals surface area contributed by atoms with Crippen LogP contribution in [-0.4, -0.2) is 11.1 Å². The quantitative estimate of drug-likeness (QED) is 0.716. The van der Waals surface area contributed by atoms with Crippen molar-refractivity contribution in [2.75, 3.05) is 0 Å². The Morgan fingerprint density at radius 1 is 1.39 bits per heavy atom. The van der Waals surface area contributed by atoms with E-state index in [0.29, 0.717) is 5.75 Å². The van der Waals surface area contributed by atoms with Crippen molar-refractivity contribution in [1.29, 1.82) is 0 Å². The van der Waals surface area contributed by atoms with Crippen LogP contribution in [0.3, 0.4) is 0 Å². The van der Waals surface area contributed by atoms with E-state index >= 15 is 0 Å². The Bertz CT molecular complexity index is 533. The lowest BCUT2D eigenvalue weighted by molar-refractivity contribution is -0.144. The summed E-state index contributed by atoms with van der Waals surface area (Å²) in [4.78, 5) is 11.7. The van der Waals surface area contributed by atoms with Gasteiger partial charge in [-0.15, -0.1) is 0 Å². The highest BCUT2D eigenvalue weighted by atomic mass is 16.6. The molecule has 0 saturated carbocycles. The molecule has 1 aliphatic carbocycles. The number of carbonyl (C=O) groups excluding carboxylic acids is 1. The third-order valence-electron chi connectivity index (χ3n) is 4.60. The highest BCUT2D eigenvalue weighted by Crippen LogP contribution is 2.49. The van der Waals surface area contributed by atoms with Crippen LogP contribution >= 0.6 is 0 Å². The van der Waals surface area contributed by atoms with Crippen molar-refractivity contribution in [2.45, 2.75) is 39.7 Å². The Hall–Kier alpha value is -1.51. The number of aryl methyl sites for hydroxylation is 1. The van der Waals surface area contributed by atoms with E-state index in [4.69, 9.17) is 4.74 Å². The summed E-state index contributed by atoms with van der Waals surface area (Å²) in [6, 6.07) is 1.81. The zero-order valence-electron chi connectivity index (χ0n) is 11.0. The van der Waals surface area contributed by atoms with Crippen molar-refractivity contribution in [3.8, 4) is 5.75 Å². The molecule has 0 bridgehead atoms. The van der Waals surface area contributed by atoms with Gasteiger partial charge in [0.15, 0.2) is 0 Å². The maximum absolute atomic E-state index is 11.7. The molecule has 1 saturated heterocycles. The Kier molecular flexibility index (Phi) is 2.40. The summed E-state index contributed by atoms with van der Waals surface area (Å²) in [6.45, 7) is 5.87. The van der Waals surface area contributed by atoms with Crippen molar-refractivity contribution in [2.24, 2.45) is 11.8 Å². The van der Waals surface area contributed by atoms with E-state index in [1.54, 1.807) is 0 Å². The standard InChI is InChI=1S/C15H18O3/c1-7-6-12(16)9(3)13-10(7)4-5-11-8(2)15(17)18-14(11)13/h6,8,11,14,16H,4-5H2,1-3H3/t8-,11+,14-/m1/s1. The fraction of sp³-hybridized carbons (Fsp3) is 0.533. The lowest BCUT2D eigenvalue weighted by Crippen LogP contribution is -2.22. The largest absolute Gasteiger partial charge is 0.508 e. The molecule has 0 amide bonds. The van der Waals surface area contributed by atoms with E-state index in [1.807, 2.05) is 26.8 Å². The second-order valence-corrected chi connectivity index (χ2v) is 5.58. The van der Waals surface area contributed by atoms with Gasteiger partial charge in [-0.1, -0.05) is 6.92 Å². The normalized spacial score (nSPS) is 29.7. The number of aromatic hydroxyl groups is 1. The topological polar surface area (TPSA) is 46.5 Å². The molecule has 3 nitrogen and oxygen atoms in total. The number of hydrogen-bond acceptors (Lipinski definition) is 3. The van der Waals surface area contributed by atoms with E-state index in [9.17, 15) is 9.90 Å². The predicted octanol–water partition coefficient (Wildman–Crippen LogP) is 2.81. The number of carbonyl (C=O) groups is 1. The smallest absolute Gasteiger partial charge is 0.309 e. The number of fused-ring (bicyclic) bond motifs is 3. The molecule has 1 N–H and O–H groups in total. The monoisotopic (exact) mass is 246 g/mol. The molecule has 3 rings (SSSR count). The fourth-order valence-corrected chi connectivity index (χ4v) is 3.44. The molecule has 1 heterocycles. The average molecular weight is 246 g/mol. The number of phenolic OH excluding ortho intramolecular Hbond substituents is 1. The summed E-state index contributed by atoms with van der Waals surface area (Å²) in [5.74, 6) is 0.454. The first-order valence-corrected chi connectivity index (χ1v) is 6.53. The average Bonchev–Trinajstić information content (AvgIpc) is 2.62. The molecule has 2 aliphatic rings. The van der Waals surface area contributed by atoms with Crippen LogP contribution in [0, 0.1) is 25.7 Å². The van der Waals surface area contributed by atoms with Gasteiger partial charge in [-0.05, 0) is 49.4 Å². The van der Waals surface area contributed by atoms with Gasteiger partial charge in [-0.3, -0.25) is 4.79 Å². The van der Waals surface area contributed by atoms with Crippen LogP contribution < -0.4 is 0 Å². The van der Waals surface area contributed by atoms with E-state index in [-0.39, 0.29) is 23.9 Å². The minimum Gasteiger partial charge on any atom is -0.508 e. The SMILES string of the molecule is Cc1cc(O)c(C)c2c1CC[C@H]1[C@@H](C)C(=O)O[C@@H]21. The van der Waals surface area contributed by atoms with Crippen LogP contribution in [0.25, 0.3) is 0 Å². The van der Waals surface area contributed by atoms with Crippen molar-refractivity contribution in [1.82, 2.24) is 0 Å². The van der Waals surface area contributed by atoms with Gasteiger partial charge in [0.1, 0.15) is 11.9 Å². The molecular weight excluding hydrogens is 228 g/mol. The van der Waals surface area contributed by atoms with E-state index < -0.39 is 0 Å². The van der Waals surface area contributed by atoms with Crippen molar-refractivity contribution in [3.63, 3.8) is 0 Å². The van der Waals surface area contributed by atoms with Gasteiger partial charge in [-0.25, -0.2) is 0 Å². The first-order valence-electron chi connectivity index (χ1n) is 6.53. The van der Waals surface area contributed by atoms with Gasteiger partial charge in [0.2, 0.25) is 0 Å². The molecule has 3 atom stereocenters. The molecular formula is C15H18O3. The molecule has 0 aromatic heterocycles. The molecule has 1 aromatic carbocycles. The molecule has 0 spiro atoms. The summed E-state index contributed by atoms with van der Waals surface area (Å²) in [5.41, 5.74) is 4.28. The molecule has 1 fully saturated rings. The Morgan fingerprint density at radius 3 is 2.83 bits per heavy atom. The van der Waals surface area contributed by atoms with Gasteiger partial charge >= 0.3 is 5.97 Å². The second kappa shape index (κ2) is 3.74. The molecule has 96 valence electrons. The zero-order chi connectivity index (χ0) is 13.0. The Labute approximate surface area is 107 Å². The van der Waals surface area contributed by atoms with Gasteiger partial charge in [-0.2, -0.15) is 0 Å². The molecule has 0 radical (unpaired) electrons. The predicted molar refractivity (Wildman–Crippen MR) is 67.4 cm³/mol. The van der Waals surface area contributed by atoms with Gasteiger partial charge in [0.05, 0.1) is 5.92 Å². The van der Waals surface area contributed by atoms with E-state index in [0.717, 1.165) is 29.5 Å². The zero-order valence-corrected chi connectivity index (χ0v) is 11.0. The lowest BCUT2D eigenvalue weighted by atomic mass is 9.74. The maximum Gasteiger partial charge on any atom is 0.309 e. The second-order valence-electron chi connectivity index (χ2n) is 5.58. The van der Waals surface area contributed by atoms with Crippen LogP contribution in [0.5, 0.6) is 5.75 Å². The number of ether oxygens (including phenoxy) is 1. The lowest BCUT2D eigenvalue weighted by Gasteiger charge is -2.30. The number of hydrogen-bond donors (Lipinski definition) is 1. The third-order valence-corrected chi connectivity index (χ3v) is 4.60. The van der Waals surface area contributed by atoms with Crippen LogP contribution in [0.1, 0.15) is 41.7 Å². The summed E-state index contributed by atoms with van der Waals surface area (Å²) >= 11 is 0. The number of benzene rings is 1. The van der Waals surface area contributed by atoms with E-state index in [1.165, 1.54) is 5.56 Å². The molecule has 1 aromatic rings. The molecule has 18 heavy (non-hydrogen) atoms. The summed E-state index contributed by atoms with van der Waals surface area (Å²) in [6.07, 6.45) is 1.82. The van der Waals surface area contributed by atoms with E-state index in [2.05, 4.69) is 0 Å². The molecule has 0 unspecified atom stereocenters.